The monoisotopic (exact) mass is 340 g/mol. The van der Waals surface area contributed by atoms with E-state index in [2.05, 4.69) is 13.8 Å². The Morgan fingerprint density at radius 3 is 1.38 bits per heavy atom. The number of hydrogen-bond donors (Lipinski definition) is 0. The van der Waals surface area contributed by atoms with Gasteiger partial charge in [0.1, 0.15) is 0 Å². The van der Waals surface area contributed by atoms with Crippen LogP contribution in [0.25, 0.3) is 0 Å². The second-order valence-corrected chi connectivity index (χ2v) is 6.02. The van der Waals surface area contributed by atoms with Crippen LogP contribution in [-0.4, -0.2) is 25.2 Å². The molecule has 0 fully saturated rings. The summed E-state index contributed by atoms with van der Waals surface area (Å²) in [5.74, 6) is -0.710. The number of hydrogen-bond acceptors (Lipinski definition) is 4. The molecule has 0 aromatic heterocycles. The van der Waals surface area contributed by atoms with E-state index in [9.17, 15) is 9.59 Å². The Kier molecular flexibility index (Phi) is 14.4. The zero-order valence-electron chi connectivity index (χ0n) is 16.1. The number of carbonyl (C=O) groups excluding carboxylic acids is 2. The Balaban J connectivity index is 5.17. The van der Waals surface area contributed by atoms with E-state index in [1.807, 2.05) is 0 Å². The van der Waals surface area contributed by atoms with Gasteiger partial charge in [0.25, 0.3) is 0 Å². The second-order valence-electron chi connectivity index (χ2n) is 6.02. The van der Waals surface area contributed by atoms with Crippen LogP contribution in [0, 0.1) is 0 Å². The van der Waals surface area contributed by atoms with Gasteiger partial charge in [0.2, 0.25) is 0 Å². The highest BCUT2D eigenvalue weighted by Gasteiger charge is 2.22. The zero-order valence-corrected chi connectivity index (χ0v) is 16.1. The van der Waals surface area contributed by atoms with E-state index in [4.69, 9.17) is 9.47 Å². The molecule has 140 valence electrons. The van der Waals surface area contributed by atoms with Crippen LogP contribution in [0.2, 0.25) is 0 Å². The van der Waals surface area contributed by atoms with Crippen molar-refractivity contribution in [3.8, 4) is 0 Å². The lowest BCUT2D eigenvalue weighted by atomic mass is 9.96. The maximum Gasteiger partial charge on any atom is 0.334 e. The van der Waals surface area contributed by atoms with Crippen molar-refractivity contribution in [1.29, 1.82) is 0 Å². The zero-order chi connectivity index (χ0) is 18.2. The quantitative estimate of drug-likeness (QED) is 0.243. The molecule has 0 aliphatic rings. The van der Waals surface area contributed by atoms with Crippen LogP contribution in [-0.2, 0) is 19.1 Å². The molecule has 0 saturated heterocycles. The fourth-order valence-electron chi connectivity index (χ4n) is 2.65. The van der Waals surface area contributed by atoms with Gasteiger partial charge >= 0.3 is 11.9 Å². The van der Waals surface area contributed by atoms with Gasteiger partial charge in [-0.2, -0.15) is 0 Å². The van der Waals surface area contributed by atoms with Gasteiger partial charge in [-0.3, -0.25) is 0 Å². The van der Waals surface area contributed by atoms with Crippen molar-refractivity contribution >= 4 is 11.9 Å². The van der Waals surface area contributed by atoms with Crippen molar-refractivity contribution in [3.05, 3.63) is 11.1 Å². The largest absolute Gasteiger partial charge is 0.463 e. The number of rotatable bonds is 14. The van der Waals surface area contributed by atoms with E-state index in [1.165, 1.54) is 12.8 Å². The summed E-state index contributed by atoms with van der Waals surface area (Å²) in [6, 6.07) is 0. The summed E-state index contributed by atoms with van der Waals surface area (Å²) in [5.41, 5.74) is 1.06. The van der Waals surface area contributed by atoms with E-state index >= 15 is 0 Å². The van der Waals surface area contributed by atoms with Crippen LogP contribution in [0.15, 0.2) is 11.1 Å². The molecule has 24 heavy (non-hydrogen) atoms. The molecule has 0 aromatic carbocycles. The summed E-state index contributed by atoms with van der Waals surface area (Å²) in [4.78, 5) is 24.7. The molecule has 0 bridgehead atoms. The molecule has 4 heteroatoms. The molecule has 0 saturated carbocycles. The average molecular weight is 341 g/mol. The molecule has 0 spiro atoms. The lowest BCUT2D eigenvalue weighted by Gasteiger charge is -2.14. The topological polar surface area (TPSA) is 52.6 Å². The minimum absolute atomic E-state index is 0.322. The predicted molar refractivity (Wildman–Crippen MR) is 97.8 cm³/mol. The molecule has 0 aliphatic heterocycles. The Morgan fingerprint density at radius 2 is 0.958 bits per heavy atom. The van der Waals surface area contributed by atoms with Gasteiger partial charge in [-0.25, -0.2) is 9.59 Å². The van der Waals surface area contributed by atoms with Crippen LogP contribution in [0.4, 0.5) is 0 Å². The fourth-order valence-corrected chi connectivity index (χ4v) is 2.65. The van der Waals surface area contributed by atoms with Gasteiger partial charge in [0.05, 0.1) is 13.2 Å². The van der Waals surface area contributed by atoms with Crippen molar-refractivity contribution in [2.75, 3.05) is 13.2 Å². The van der Waals surface area contributed by atoms with Crippen molar-refractivity contribution in [2.45, 2.75) is 91.9 Å². The van der Waals surface area contributed by atoms with Crippen molar-refractivity contribution < 1.29 is 19.1 Å². The van der Waals surface area contributed by atoms with Crippen LogP contribution in [0.1, 0.15) is 91.9 Å². The van der Waals surface area contributed by atoms with Gasteiger partial charge in [-0.05, 0) is 39.5 Å². The maximum absolute atomic E-state index is 12.4. The standard InChI is InChI=1S/C20H36O4/c1-5-9-11-12-14-16-18(20(22)24-8-4)17(15-13-10-6-2)19(21)23-7-3/h5-16H2,1-4H3. The van der Waals surface area contributed by atoms with Crippen LogP contribution < -0.4 is 0 Å². The van der Waals surface area contributed by atoms with Gasteiger partial charge in [0.15, 0.2) is 0 Å². The van der Waals surface area contributed by atoms with Gasteiger partial charge < -0.3 is 9.47 Å². The molecular weight excluding hydrogens is 304 g/mol. The first kappa shape index (κ1) is 22.7. The third kappa shape index (κ3) is 9.74. The molecular formula is C20H36O4. The first-order chi connectivity index (χ1) is 11.6. The van der Waals surface area contributed by atoms with Crippen LogP contribution in [0.5, 0.6) is 0 Å². The lowest BCUT2D eigenvalue weighted by Crippen LogP contribution is -2.17. The first-order valence-corrected chi connectivity index (χ1v) is 9.68. The summed E-state index contributed by atoms with van der Waals surface area (Å²) in [7, 11) is 0. The molecule has 0 aromatic rings. The Hall–Kier alpha value is -1.32. The molecule has 0 atom stereocenters. The summed E-state index contributed by atoms with van der Waals surface area (Å²) < 4.78 is 10.4. The number of ether oxygens (including phenoxy) is 2. The number of esters is 2. The highest BCUT2D eigenvalue weighted by Crippen LogP contribution is 2.22. The van der Waals surface area contributed by atoms with E-state index in [0.29, 0.717) is 37.2 Å². The SMILES string of the molecule is CCCCCCCC(C(=O)OCC)=C(CCCCC)C(=O)OCC. The van der Waals surface area contributed by atoms with Crippen molar-refractivity contribution in [2.24, 2.45) is 0 Å². The summed E-state index contributed by atoms with van der Waals surface area (Å²) in [5, 5.41) is 0. The molecule has 0 aliphatic carbocycles. The molecule has 0 heterocycles. The Labute approximate surface area is 148 Å². The lowest BCUT2D eigenvalue weighted by molar-refractivity contribution is -0.142. The molecule has 0 N–H and O–H groups in total. The van der Waals surface area contributed by atoms with Crippen LogP contribution >= 0.6 is 0 Å². The third-order valence-corrected chi connectivity index (χ3v) is 3.97. The predicted octanol–water partition coefficient (Wildman–Crippen LogP) is 5.35. The molecule has 0 rings (SSSR count). The molecule has 0 unspecified atom stereocenters. The molecule has 0 radical (unpaired) electrons. The average Bonchev–Trinajstić information content (AvgIpc) is 2.56. The number of carbonyl (C=O) groups is 2. The summed E-state index contributed by atoms with van der Waals surface area (Å²) >= 11 is 0. The van der Waals surface area contributed by atoms with Gasteiger partial charge in [0, 0.05) is 11.1 Å². The third-order valence-electron chi connectivity index (χ3n) is 3.97. The highest BCUT2D eigenvalue weighted by molar-refractivity contribution is 6.00. The summed E-state index contributed by atoms with van der Waals surface area (Å²) in [6.07, 6.45) is 9.73. The van der Waals surface area contributed by atoms with Gasteiger partial charge in [-0.1, -0.05) is 52.4 Å². The minimum atomic E-state index is -0.356. The van der Waals surface area contributed by atoms with E-state index in [-0.39, 0.29) is 11.9 Å². The summed E-state index contributed by atoms with van der Waals surface area (Å²) in [6.45, 7) is 8.52. The highest BCUT2D eigenvalue weighted by atomic mass is 16.5. The van der Waals surface area contributed by atoms with E-state index in [0.717, 1.165) is 38.5 Å². The Bertz CT molecular complexity index is 385. The Morgan fingerprint density at radius 1 is 0.583 bits per heavy atom. The van der Waals surface area contributed by atoms with E-state index in [1.54, 1.807) is 13.8 Å². The maximum atomic E-state index is 12.4. The number of unbranched alkanes of at least 4 members (excludes halogenated alkanes) is 6. The normalized spacial score (nSPS) is 11.8. The van der Waals surface area contributed by atoms with E-state index < -0.39 is 0 Å². The molecule has 4 nitrogen and oxygen atoms in total. The minimum Gasteiger partial charge on any atom is -0.463 e. The molecule has 0 amide bonds. The van der Waals surface area contributed by atoms with Gasteiger partial charge in [-0.15, -0.1) is 0 Å². The second kappa shape index (κ2) is 15.2. The fraction of sp³-hybridized carbons (Fsp3) is 0.800. The first-order valence-electron chi connectivity index (χ1n) is 9.68. The van der Waals surface area contributed by atoms with Crippen LogP contribution in [0.3, 0.4) is 0 Å². The smallest absolute Gasteiger partial charge is 0.334 e. The van der Waals surface area contributed by atoms with Crippen molar-refractivity contribution in [1.82, 2.24) is 0 Å². The van der Waals surface area contributed by atoms with Crippen molar-refractivity contribution in [3.63, 3.8) is 0 Å².